The van der Waals surface area contributed by atoms with Crippen molar-refractivity contribution >= 4 is 5.82 Å². The van der Waals surface area contributed by atoms with Crippen LogP contribution in [0.25, 0.3) is 0 Å². The van der Waals surface area contributed by atoms with Crippen LogP contribution in [0.3, 0.4) is 0 Å². The van der Waals surface area contributed by atoms with Crippen LogP contribution >= 0.6 is 0 Å². The molecule has 0 aromatic carbocycles. The molecule has 1 rings (SSSR count). The summed E-state index contributed by atoms with van der Waals surface area (Å²) in [6, 6.07) is 5.31. The van der Waals surface area contributed by atoms with Gasteiger partial charge in [0.25, 0.3) is 0 Å². The zero-order valence-electron chi connectivity index (χ0n) is 7.44. The minimum Gasteiger partial charge on any atom is -0.354 e. The highest BCUT2D eigenvalue weighted by molar-refractivity contribution is 5.38. The molecule has 0 N–H and O–H groups in total. The van der Waals surface area contributed by atoms with Crippen molar-refractivity contribution in [1.82, 2.24) is 10.2 Å². The van der Waals surface area contributed by atoms with E-state index in [9.17, 15) is 0 Å². The van der Waals surface area contributed by atoms with E-state index in [1.807, 2.05) is 18.0 Å². The number of nitriles is 1. The predicted molar refractivity (Wildman–Crippen MR) is 50.2 cm³/mol. The summed E-state index contributed by atoms with van der Waals surface area (Å²) in [6.07, 6.45) is 1.78. The van der Waals surface area contributed by atoms with Gasteiger partial charge in [-0.05, 0) is 12.1 Å². The summed E-state index contributed by atoms with van der Waals surface area (Å²) in [5.41, 5.74) is 0.329. The van der Waals surface area contributed by atoms with E-state index in [1.54, 1.807) is 18.2 Å². The third-order valence-electron chi connectivity index (χ3n) is 1.56. The van der Waals surface area contributed by atoms with Gasteiger partial charge in [-0.15, -0.1) is 16.8 Å². The van der Waals surface area contributed by atoms with Crippen LogP contribution in [0, 0.1) is 11.3 Å². The molecule has 1 heterocycles. The normalized spacial score (nSPS) is 8.92. The Labute approximate surface area is 77.1 Å². The molecule has 0 amide bonds. The van der Waals surface area contributed by atoms with Gasteiger partial charge in [0.05, 0.1) is 0 Å². The summed E-state index contributed by atoms with van der Waals surface area (Å²) in [5, 5.41) is 16.1. The van der Waals surface area contributed by atoms with Crippen molar-refractivity contribution in [3.05, 3.63) is 30.5 Å². The van der Waals surface area contributed by atoms with Crippen molar-refractivity contribution < 1.29 is 0 Å². The maximum absolute atomic E-state index is 8.49. The van der Waals surface area contributed by atoms with E-state index < -0.39 is 0 Å². The minimum absolute atomic E-state index is 0.329. The van der Waals surface area contributed by atoms with Crippen LogP contribution in [0.15, 0.2) is 24.8 Å². The van der Waals surface area contributed by atoms with Crippen LogP contribution in [0.1, 0.15) is 5.69 Å². The fraction of sp³-hybridized carbons (Fsp3) is 0.222. The van der Waals surface area contributed by atoms with E-state index >= 15 is 0 Å². The van der Waals surface area contributed by atoms with Crippen molar-refractivity contribution in [2.24, 2.45) is 0 Å². The van der Waals surface area contributed by atoms with Crippen LogP contribution in [-0.2, 0) is 0 Å². The third-order valence-corrected chi connectivity index (χ3v) is 1.56. The van der Waals surface area contributed by atoms with Crippen LogP contribution in [0.5, 0.6) is 0 Å². The first-order chi connectivity index (χ1) is 6.27. The monoisotopic (exact) mass is 174 g/mol. The molecule has 1 aromatic heterocycles. The van der Waals surface area contributed by atoms with Crippen molar-refractivity contribution in [1.29, 1.82) is 5.26 Å². The molecule has 0 atom stereocenters. The smallest absolute Gasteiger partial charge is 0.163 e. The van der Waals surface area contributed by atoms with E-state index in [1.165, 1.54) is 0 Å². The predicted octanol–water partition coefficient (Wildman–Crippen LogP) is 0.970. The zero-order chi connectivity index (χ0) is 9.68. The maximum Gasteiger partial charge on any atom is 0.163 e. The van der Waals surface area contributed by atoms with Gasteiger partial charge in [-0.2, -0.15) is 5.26 Å². The summed E-state index contributed by atoms with van der Waals surface area (Å²) in [4.78, 5) is 1.89. The molecule has 0 aliphatic rings. The Morgan fingerprint density at radius 1 is 1.62 bits per heavy atom. The molecule has 0 saturated carbocycles. The van der Waals surface area contributed by atoms with E-state index in [0.29, 0.717) is 12.2 Å². The van der Waals surface area contributed by atoms with Gasteiger partial charge in [0, 0.05) is 13.6 Å². The van der Waals surface area contributed by atoms with Crippen LogP contribution in [0.2, 0.25) is 0 Å². The molecular weight excluding hydrogens is 164 g/mol. The Bertz CT molecular complexity index is 322. The highest BCUT2D eigenvalue weighted by atomic mass is 15.2. The maximum atomic E-state index is 8.49. The summed E-state index contributed by atoms with van der Waals surface area (Å²) >= 11 is 0. The molecule has 0 spiro atoms. The summed E-state index contributed by atoms with van der Waals surface area (Å²) in [7, 11) is 1.89. The lowest BCUT2D eigenvalue weighted by atomic mass is 10.4. The van der Waals surface area contributed by atoms with Gasteiger partial charge in [-0.25, -0.2) is 0 Å². The number of likely N-dealkylation sites (N-methyl/N-ethyl adjacent to an activating group) is 1. The number of hydrogen-bond acceptors (Lipinski definition) is 4. The van der Waals surface area contributed by atoms with Gasteiger partial charge >= 0.3 is 0 Å². The summed E-state index contributed by atoms with van der Waals surface area (Å²) in [6.45, 7) is 4.33. The average molecular weight is 174 g/mol. The second kappa shape index (κ2) is 4.21. The van der Waals surface area contributed by atoms with E-state index in [-0.39, 0.29) is 0 Å². The lowest BCUT2D eigenvalue weighted by Crippen LogP contribution is -2.18. The Morgan fingerprint density at radius 3 is 2.85 bits per heavy atom. The first kappa shape index (κ1) is 9.20. The molecule has 0 aliphatic heterocycles. The van der Waals surface area contributed by atoms with E-state index in [4.69, 9.17) is 5.26 Å². The van der Waals surface area contributed by atoms with Gasteiger partial charge in [0.15, 0.2) is 11.5 Å². The second-order valence-electron chi connectivity index (χ2n) is 2.56. The molecule has 0 unspecified atom stereocenters. The molecule has 66 valence electrons. The fourth-order valence-corrected chi connectivity index (χ4v) is 0.876. The highest BCUT2D eigenvalue weighted by Gasteiger charge is 2.00. The first-order valence-electron chi connectivity index (χ1n) is 3.84. The van der Waals surface area contributed by atoms with E-state index in [2.05, 4.69) is 16.8 Å². The van der Waals surface area contributed by atoms with Crippen molar-refractivity contribution in [3.63, 3.8) is 0 Å². The number of hydrogen-bond donors (Lipinski definition) is 0. The quantitative estimate of drug-likeness (QED) is 0.641. The lowest BCUT2D eigenvalue weighted by molar-refractivity contribution is 0.920. The van der Waals surface area contributed by atoms with Crippen molar-refractivity contribution in [3.8, 4) is 6.07 Å². The number of anilines is 1. The van der Waals surface area contributed by atoms with Gasteiger partial charge in [0.1, 0.15) is 6.07 Å². The van der Waals surface area contributed by atoms with Crippen molar-refractivity contribution in [2.45, 2.75) is 0 Å². The average Bonchev–Trinajstić information content (AvgIpc) is 2.18. The topological polar surface area (TPSA) is 52.8 Å². The highest BCUT2D eigenvalue weighted by Crippen LogP contribution is 2.06. The SMILES string of the molecule is C=CCN(C)c1ccc(C#N)nn1. The Morgan fingerprint density at radius 2 is 2.38 bits per heavy atom. The molecule has 1 aromatic rings. The van der Waals surface area contributed by atoms with Gasteiger partial charge in [0.2, 0.25) is 0 Å². The largest absolute Gasteiger partial charge is 0.354 e. The molecular formula is C9H10N4. The Balaban J connectivity index is 2.80. The van der Waals surface area contributed by atoms with E-state index in [0.717, 1.165) is 5.82 Å². The number of rotatable bonds is 3. The molecule has 13 heavy (non-hydrogen) atoms. The standard InChI is InChI=1S/C9H10N4/c1-3-6-13(2)9-5-4-8(7-10)11-12-9/h3-5H,1,6H2,2H3. The van der Waals surface area contributed by atoms with Crippen LogP contribution in [-0.4, -0.2) is 23.8 Å². The van der Waals surface area contributed by atoms with Gasteiger partial charge in [-0.1, -0.05) is 6.08 Å². The molecule has 0 saturated heterocycles. The van der Waals surface area contributed by atoms with Gasteiger partial charge < -0.3 is 4.90 Å². The second-order valence-corrected chi connectivity index (χ2v) is 2.56. The molecule has 0 radical (unpaired) electrons. The Hall–Kier alpha value is -1.89. The first-order valence-corrected chi connectivity index (χ1v) is 3.84. The number of nitrogens with zero attached hydrogens (tertiary/aromatic N) is 4. The van der Waals surface area contributed by atoms with Crippen LogP contribution in [0.4, 0.5) is 5.82 Å². The summed E-state index contributed by atoms with van der Waals surface area (Å²) < 4.78 is 0. The molecule has 0 fully saturated rings. The lowest BCUT2D eigenvalue weighted by Gasteiger charge is -2.14. The Kier molecular flexibility index (Phi) is 2.98. The number of aromatic nitrogens is 2. The minimum atomic E-state index is 0.329. The summed E-state index contributed by atoms with van der Waals surface area (Å²) in [5.74, 6) is 0.735. The zero-order valence-corrected chi connectivity index (χ0v) is 7.44. The molecule has 0 bridgehead atoms. The molecule has 0 aliphatic carbocycles. The molecule has 4 heteroatoms. The fourth-order valence-electron chi connectivity index (χ4n) is 0.876. The van der Waals surface area contributed by atoms with Crippen molar-refractivity contribution in [2.75, 3.05) is 18.5 Å². The van der Waals surface area contributed by atoms with Crippen LogP contribution < -0.4 is 4.90 Å². The van der Waals surface area contributed by atoms with Gasteiger partial charge in [-0.3, -0.25) is 0 Å². The molecule has 4 nitrogen and oxygen atoms in total. The third kappa shape index (κ3) is 2.27.